The Labute approximate surface area is 336 Å². The van der Waals surface area contributed by atoms with Crippen molar-refractivity contribution < 1.29 is 28.7 Å². The fourth-order valence-corrected chi connectivity index (χ4v) is 9.86. The van der Waals surface area contributed by atoms with Gasteiger partial charge in [-0.25, -0.2) is 4.85 Å². The summed E-state index contributed by atoms with van der Waals surface area (Å²) in [4.78, 5) is 72.9. The zero-order valence-corrected chi connectivity index (χ0v) is 32.3. The number of benzene rings is 3. The van der Waals surface area contributed by atoms with Crippen LogP contribution < -0.4 is 10.1 Å². The van der Waals surface area contributed by atoms with Gasteiger partial charge in [0.25, 0.3) is 17.7 Å². The van der Waals surface area contributed by atoms with Crippen molar-refractivity contribution in [1.29, 1.82) is 0 Å². The number of carbonyl (C=O) groups excluding carboxylic acids is 5. The van der Waals surface area contributed by atoms with Gasteiger partial charge in [-0.2, -0.15) is 0 Å². The molecule has 290 valence electrons. The Morgan fingerprint density at radius 3 is 2.16 bits per heavy atom. The summed E-state index contributed by atoms with van der Waals surface area (Å²) >= 11 is 6.20. The van der Waals surface area contributed by atoms with Crippen molar-refractivity contribution >= 4 is 46.8 Å². The maximum Gasteiger partial charge on any atom is 0.262 e. The molecule has 3 aromatic rings. The number of hydrogen-bond acceptors (Lipinski definition) is 7. The van der Waals surface area contributed by atoms with Gasteiger partial charge >= 0.3 is 0 Å². The summed E-state index contributed by atoms with van der Waals surface area (Å²) in [7, 11) is 0. The van der Waals surface area contributed by atoms with E-state index in [9.17, 15) is 24.0 Å². The molecule has 6 aliphatic rings. The molecule has 1 unspecified atom stereocenters. The highest BCUT2D eigenvalue weighted by molar-refractivity contribution is 6.33. The molecule has 3 aromatic carbocycles. The van der Waals surface area contributed by atoms with Gasteiger partial charge in [0.2, 0.25) is 17.5 Å². The molecule has 4 heterocycles. The van der Waals surface area contributed by atoms with Crippen LogP contribution in [0.3, 0.4) is 0 Å². The third kappa shape index (κ3) is 7.20. The van der Waals surface area contributed by atoms with E-state index in [1.54, 1.807) is 18.2 Å². The van der Waals surface area contributed by atoms with E-state index in [0.29, 0.717) is 59.1 Å². The number of halogens is 1. The van der Waals surface area contributed by atoms with E-state index in [1.807, 2.05) is 29.2 Å². The van der Waals surface area contributed by atoms with E-state index in [-0.39, 0.29) is 36.8 Å². The highest BCUT2D eigenvalue weighted by Crippen LogP contribution is 2.37. The van der Waals surface area contributed by atoms with Crippen LogP contribution in [0.2, 0.25) is 5.02 Å². The lowest BCUT2D eigenvalue weighted by Gasteiger charge is -2.34. The number of fused-ring (bicyclic) bond motifs is 3. The second-order valence-electron chi connectivity index (χ2n) is 16.3. The Hall–Kier alpha value is -5.49. The van der Waals surface area contributed by atoms with Gasteiger partial charge in [-0.1, -0.05) is 29.5 Å². The summed E-state index contributed by atoms with van der Waals surface area (Å²) in [5, 5.41) is 2.64. The number of amides is 5. The van der Waals surface area contributed by atoms with E-state index in [2.05, 4.69) is 33.0 Å². The summed E-state index contributed by atoms with van der Waals surface area (Å²) in [6.07, 6.45) is 7.98. The van der Waals surface area contributed by atoms with Crippen molar-refractivity contribution in [3.63, 3.8) is 0 Å². The molecule has 1 saturated heterocycles. The number of nitrogens with one attached hydrogen (secondary N) is 1. The number of hydrogen-bond donors (Lipinski definition) is 1. The second-order valence-corrected chi connectivity index (χ2v) is 16.8. The van der Waals surface area contributed by atoms with Crippen molar-refractivity contribution in [1.82, 2.24) is 20.0 Å². The van der Waals surface area contributed by atoms with Crippen LogP contribution in [0, 0.1) is 30.2 Å². The zero-order valence-electron chi connectivity index (χ0n) is 31.5. The van der Waals surface area contributed by atoms with Crippen molar-refractivity contribution in [2.45, 2.75) is 102 Å². The lowest BCUT2D eigenvalue weighted by Crippen LogP contribution is -2.54. The van der Waals surface area contributed by atoms with Crippen LogP contribution in [0.5, 0.6) is 5.75 Å². The lowest BCUT2D eigenvalue weighted by atomic mass is 9.82. The molecule has 0 bridgehead atoms. The van der Waals surface area contributed by atoms with Crippen molar-refractivity contribution in [2.75, 3.05) is 6.54 Å². The number of piperidine rings is 1. The van der Waals surface area contributed by atoms with Gasteiger partial charge in [0.05, 0.1) is 28.8 Å². The SMILES string of the molecule is [C-]#[N+]c1ccc(OC2CCC(N3Cc4cc(C#CC5CCC(CN6Cc7cc8c(cc7C6)C(=O)N(C6CCC(=O)NC6=O)C8=O)CC5)ccc4C3=O)CC2)cc1Cl. The van der Waals surface area contributed by atoms with Crippen molar-refractivity contribution in [3.05, 3.63) is 104 Å². The Morgan fingerprint density at radius 1 is 0.772 bits per heavy atom. The first-order valence-corrected chi connectivity index (χ1v) is 20.4. The summed E-state index contributed by atoms with van der Waals surface area (Å²) in [5.74, 6) is 6.69. The van der Waals surface area contributed by atoms with Crippen LogP contribution in [0.25, 0.3) is 4.85 Å². The van der Waals surface area contributed by atoms with Crippen molar-refractivity contribution in [3.8, 4) is 17.6 Å². The third-order valence-corrected chi connectivity index (χ3v) is 13.0. The summed E-state index contributed by atoms with van der Waals surface area (Å²) in [5.41, 5.74) is 5.95. The van der Waals surface area contributed by atoms with Crippen LogP contribution in [0.4, 0.5) is 5.69 Å². The largest absolute Gasteiger partial charge is 0.490 e. The molecular formula is C45H42ClN5O6. The third-order valence-electron chi connectivity index (χ3n) is 12.7. The number of nitrogens with zero attached hydrogens (tertiary/aromatic N) is 4. The minimum Gasteiger partial charge on any atom is -0.490 e. The fourth-order valence-electron chi connectivity index (χ4n) is 9.64. The van der Waals surface area contributed by atoms with Crippen LogP contribution in [-0.4, -0.2) is 69.0 Å². The minimum atomic E-state index is -0.959. The Bertz CT molecular complexity index is 2280. The van der Waals surface area contributed by atoms with E-state index < -0.39 is 23.8 Å². The number of carbonyl (C=O) groups is 5. The fraction of sp³-hybridized carbons (Fsp3) is 0.422. The topological polar surface area (TPSA) is 121 Å². The van der Waals surface area contributed by atoms with Gasteiger partial charge in [-0.15, -0.1) is 0 Å². The van der Waals surface area contributed by atoms with Gasteiger partial charge in [-0.05, 0) is 123 Å². The van der Waals surface area contributed by atoms with Crippen LogP contribution in [0.15, 0.2) is 48.5 Å². The van der Waals surface area contributed by atoms with Gasteiger partial charge in [-0.3, -0.25) is 39.1 Å². The zero-order chi connectivity index (χ0) is 39.4. The van der Waals surface area contributed by atoms with E-state index in [1.165, 1.54) is 0 Å². The van der Waals surface area contributed by atoms with Gasteiger partial charge < -0.3 is 9.64 Å². The molecule has 4 aliphatic heterocycles. The second kappa shape index (κ2) is 15.1. The van der Waals surface area contributed by atoms with Crippen LogP contribution >= 0.6 is 11.6 Å². The first-order valence-electron chi connectivity index (χ1n) is 20.0. The summed E-state index contributed by atoms with van der Waals surface area (Å²) in [6.45, 7) is 10.2. The normalized spacial score (nSPS) is 25.7. The van der Waals surface area contributed by atoms with E-state index in [4.69, 9.17) is 22.9 Å². The Morgan fingerprint density at radius 2 is 1.49 bits per heavy atom. The van der Waals surface area contributed by atoms with Crippen LogP contribution in [0.1, 0.15) is 118 Å². The molecular weight excluding hydrogens is 742 g/mol. The first-order chi connectivity index (χ1) is 27.6. The molecule has 1 atom stereocenters. The minimum absolute atomic E-state index is 0.0517. The lowest BCUT2D eigenvalue weighted by molar-refractivity contribution is -0.136. The number of rotatable bonds is 6. The predicted molar refractivity (Wildman–Crippen MR) is 210 cm³/mol. The monoisotopic (exact) mass is 783 g/mol. The highest BCUT2D eigenvalue weighted by Gasteiger charge is 2.45. The van der Waals surface area contributed by atoms with Gasteiger partial charge in [0.15, 0.2) is 0 Å². The number of ether oxygens (including phenoxy) is 1. The molecule has 9 rings (SSSR count). The van der Waals surface area contributed by atoms with Crippen LogP contribution in [-0.2, 0) is 29.2 Å². The van der Waals surface area contributed by atoms with Crippen molar-refractivity contribution in [2.24, 2.45) is 11.8 Å². The molecule has 57 heavy (non-hydrogen) atoms. The predicted octanol–water partition coefficient (Wildman–Crippen LogP) is 6.81. The maximum absolute atomic E-state index is 13.4. The summed E-state index contributed by atoms with van der Waals surface area (Å²) < 4.78 is 6.17. The summed E-state index contributed by atoms with van der Waals surface area (Å²) in [6, 6.07) is 14.0. The highest BCUT2D eigenvalue weighted by atomic mass is 35.5. The Balaban J connectivity index is 0.743. The molecule has 3 fully saturated rings. The molecule has 0 aromatic heterocycles. The molecule has 0 spiro atoms. The molecule has 2 aliphatic carbocycles. The average Bonchev–Trinajstić information content (AvgIpc) is 3.83. The van der Waals surface area contributed by atoms with Gasteiger partial charge in [0, 0.05) is 55.7 Å². The maximum atomic E-state index is 13.4. The van der Waals surface area contributed by atoms with E-state index >= 15 is 0 Å². The smallest absolute Gasteiger partial charge is 0.262 e. The van der Waals surface area contributed by atoms with E-state index in [0.717, 1.165) is 90.6 Å². The molecule has 1 N–H and O–H groups in total. The first kappa shape index (κ1) is 37.1. The molecule has 0 radical (unpaired) electrons. The molecule has 11 nitrogen and oxygen atoms in total. The molecule has 5 amide bonds. The number of imide groups is 2. The average molecular weight is 784 g/mol. The standard InChI is InChI=1S/C45H42ClN5O6/c1-47-39-15-13-34(21-38(39)46)57-33-11-9-32(10-12-33)50-25-31-18-27(8-14-35(31)43(50)54)5-2-26-3-6-28(7-4-26)22-49-23-29-19-36-37(20-30(29)24-49)45(56)51(44(36)55)40-16-17-41(52)48-42(40)53/h8,13-15,18-21,26,28,32-33,40H,3-4,6-7,9-12,16-17,22-25H2,(H,48,52,53). The quantitative estimate of drug-likeness (QED) is 0.166. The Kier molecular flexibility index (Phi) is 9.84. The molecule has 12 heteroatoms. The van der Waals surface area contributed by atoms with Gasteiger partial charge in [0.1, 0.15) is 11.8 Å². The molecule has 2 saturated carbocycles.